The lowest BCUT2D eigenvalue weighted by Crippen LogP contribution is -2.28. The zero-order valence-corrected chi connectivity index (χ0v) is 10.9. The summed E-state index contributed by atoms with van der Waals surface area (Å²) in [4.78, 5) is 0. The second-order valence-corrected chi connectivity index (χ2v) is 5.12. The third-order valence-electron chi connectivity index (χ3n) is 3.96. The van der Waals surface area contributed by atoms with E-state index < -0.39 is 0 Å². The largest absolute Gasteiger partial charge is 0.316 e. The molecular weight excluding hydrogens is 206 g/mol. The van der Waals surface area contributed by atoms with E-state index >= 15 is 0 Å². The van der Waals surface area contributed by atoms with Crippen molar-refractivity contribution in [2.45, 2.75) is 38.1 Å². The minimum absolute atomic E-state index is 0.604. The maximum atomic E-state index is 4.13. The normalized spacial score (nSPS) is 24.4. The molecule has 0 heterocycles. The van der Waals surface area contributed by atoms with Crippen molar-refractivity contribution in [1.82, 2.24) is 5.32 Å². The summed E-state index contributed by atoms with van der Waals surface area (Å²) in [5.74, 6) is 1.56. The molecule has 0 radical (unpaired) electrons. The van der Waals surface area contributed by atoms with E-state index in [9.17, 15) is 0 Å². The maximum Gasteiger partial charge on any atom is 0.0135 e. The average Bonchev–Trinajstić information content (AvgIpc) is 3.17. The standard InChI is InChI=1S/C16H23N/c1-4-12(2)10-16(17-3)15-11-14(15)13-8-6-5-7-9-13/h5-9,14-17H,2,4,10-11H2,1,3H3. The smallest absolute Gasteiger partial charge is 0.0135 e. The van der Waals surface area contributed by atoms with Gasteiger partial charge in [-0.2, -0.15) is 0 Å². The first kappa shape index (κ1) is 12.4. The number of benzene rings is 1. The molecule has 0 saturated heterocycles. The molecule has 0 aliphatic heterocycles. The Kier molecular flexibility index (Phi) is 4.01. The first-order valence-electron chi connectivity index (χ1n) is 6.65. The molecule has 1 saturated carbocycles. The summed E-state index contributed by atoms with van der Waals surface area (Å²) in [5, 5.41) is 3.47. The van der Waals surface area contributed by atoms with Crippen LogP contribution in [0, 0.1) is 5.92 Å². The number of nitrogens with one attached hydrogen (secondary N) is 1. The Labute approximate surface area is 105 Å². The summed E-state index contributed by atoms with van der Waals surface area (Å²) in [6, 6.07) is 11.5. The number of hydrogen-bond donors (Lipinski definition) is 1. The summed E-state index contributed by atoms with van der Waals surface area (Å²) >= 11 is 0. The lowest BCUT2D eigenvalue weighted by molar-refractivity contribution is 0.486. The Morgan fingerprint density at radius 2 is 2.12 bits per heavy atom. The van der Waals surface area contributed by atoms with Gasteiger partial charge in [-0.15, -0.1) is 0 Å². The Bertz CT molecular complexity index is 368. The SMILES string of the molecule is C=C(CC)CC(NC)C1CC1c1ccccc1. The molecule has 92 valence electrons. The molecule has 2 rings (SSSR count). The van der Waals surface area contributed by atoms with Gasteiger partial charge in [0.25, 0.3) is 0 Å². The molecule has 3 unspecified atom stereocenters. The van der Waals surface area contributed by atoms with Crippen LogP contribution in [0.25, 0.3) is 0 Å². The van der Waals surface area contributed by atoms with Gasteiger partial charge in [0.2, 0.25) is 0 Å². The van der Waals surface area contributed by atoms with Crippen LogP contribution < -0.4 is 5.32 Å². The van der Waals surface area contributed by atoms with Gasteiger partial charge in [0.15, 0.2) is 0 Å². The van der Waals surface area contributed by atoms with E-state index in [0.29, 0.717) is 6.04 Å². The predicted molar refractivity (Wildman–Crippen MR) is 74.2 cm³/mol. The van der Waals surface area contributed by atoms with Gasteiger partial charge < -0.3 is 5.32 Å². The van der Waals surface area contributed by atoms with Crippen LogP contribution in [0.4, 0.5) is 0 Å². The molecule has 3 atom stereocenters. The monoisotopic (exact) mass is 229 g/mol. The number of hydrogen-bond acceptors (Lipinski definition) is 1. The van der Waals surface area contributed by atoms with Crippen LogP contribution in [0.15, 0.2) is 42.5 Å². The van der Waals surface area contributed by atoms with E-state index in [0.717, 1.165) is 24.7 Å². The van der Waals surface area contributed by atoms with Gasteiger partial charge >= 0.3 is 0 Å². The lowest BCUT2D eigenvalue weighted by atomic mass is 9.98. The molecule has 1 nitrogen and oxygen atoms in total. The van der Waals surface area contributed by atoms with Gasteiger partial charge in [0, 0.05) is 6.04 Å². The zero-order valence-electron chi connectivity index (χ0n) is 10.9. The van der Waals surface area contributed by atoms with Gasteiger partial charge in [-0.1, -0.05) is 49.4 Å². The van der Waals surface area contributed by atoms with E-state index in [1.807, 2.05) is 0 Å². The Morgan fingerprint density at radius 3 is 2.71 bits per heavy atom. The summed E-state index contributed by atoms with van der Waals surface area (Å²) < 4.78 is 0. The molecule has 1 aliphatic rings. The summed E-state index contributed by atoms with van der Waals surface area (Å²) in [5.41, 5.74) is 2.86. The first-order chi connectivity index (χ1) is 8.26. The molecule has 1 N–H and O–H groups in total. The van der Waals surface area contributed by atoms with Gasteiger partial charge in [-0.3, -0.25) is 0 Å². The molecule has 0 amide bonds. The Balaban J connectivity index is 1.94. The molecule has 17 heavy (non-hydrogen) atoms. The predicted octanol–water partition coefficient (Wildman–Crippen LogP) is 3.73. The average molecular weight is 229 g/mol. The minimum Gasteiger partial charge on any atom is -0.316 e. The van der Waals surface area contributed by atoms with Crippen molar-refractivity contribution in [3.63, 3.8) is 0 Å². The van der Waals surface area contributed by atoms with Crippen molar-refractivity contribution in [2.75, 3.05) is 7.05 Å². The van der Waals surface area contributed by atoms with E-state index in [1.165, 1.54) is 17.6 Å². The second-order valence-electron chi connectivity index (χ2n) is 5.12. The van der Waals surface area contributed by atoms with Crippen LogP contribution in [0.1, 0.15) is 37.7 Å². The fourth-order valence-corrected chi connectivity index (χ4v) is 2.67. The Hall–Kier alpha value is -1.08. The van der Waals surface area contributed by atoms with E-state index in [2.05, 4.69) is 56.2 Å². The second kappa shape index (κ2) is 5.50. The molecular formula is C16H23N. The maximum absolute atomic E-state index is 4.13. The summed E-state index contributed by atoms with van der Waals surface area (Å²) in [7, 11) is 2.08. The fourth-order valence-electron chi connectivity index (χ4n) is 2.67. The highest BCUT2D eigenvalue weighted by molar-refractivity contribution is 5.27. The van der Waals surface area contributed by atoms with Crippen molar-refractivity contribution in [1.29, 1.82) is 0 Å². The minimum atomic E-state index is 0.604. The quantitative estimate of drug-likeness (QED) is 0.733. The van der Waals surface area contributed by atoms with Crippen molar-refractivity contribution in [3.05, 3.63) is 48.0 Å². The zero-order chi connectivity index (χ0) is 12.3. The molecule has 1 fully saturated rings. The van der Waals surface area contributed by atoms with Gasteiger partial charge in [0.05, 0.1) is 0 Å². The molecule has 1 aromatic rings. The summed E-state index contributed by atoms with van der Waals surface area (Å²) in [6.07, 6.45) is 3.55. The van der Waals surface area contributed by atoms with Crippen molar-refractivity contribution in [3.8, 4) is 0 Å². The third-order valence-corrected chi connectivity index (χ3v) is 3.96. The van der Waals surface area contributed by atoms with Crippen LogP contribution >= 0.6 is 0 Å². The molecule has 1 aliphatic carbocycles. The fraction of sp³-hybridized carbons (Fsp3) is 0.500. The third kappa shape index (κ3) is 2.98. The van der Waals surface area contributed by atoms with Gasteiger partial charge in [0.1, 0.15) is 0 Å². The van der Waals surface area contributed by atoms with Crippen molar-refractivity contribution < 1.29 is 0 Å². The first-order valence-corrected chi connectivity index (χ1v) is 6.65. The van der Waals surface area contributed by atoms with Crippen molar-refractivity contribution >= 4 is 0 Å². The highest BCUT2D eigenvalue weighted by atomic mass is 14.9. The van der Waals surface area contributed by atoms with E-state index in [-0.39, 0.29) is 0 Å². The van der Waals surface area contributed by atoms with Crippen LogP contribution in [-0.2, 0) is 0 Å². The molecule has 0 bridgehead atoms. The lowest BCUT2D eigenvalue weighted by Gasteiger charge is -2.17. The van der Waals surface area contributed by atoms with E-state index in [1.54, 1.807) is 0 Å². The highest BCUT2D eigenvalue weighted by Crippen LogP contribution is 2.50. The van der Waals surface area contributed by atoms with Crippen LogP contribution in [0.2, 0.25) is 0 Å². The van der Waals surface area contributed by atoms with Crippen LogP contribution in [0.5, 0.6) is 0 Å². The van der Waals surface area contributed by atoms with E-state index in [4.69, 9.17) is 0 Å². The summed E-state index contributed by atoms with van der Waals surface area (Å²) in [6.45, 7) is 6.32. The van der Waals surface area contributed by atoms with Crippen LogP contribution in [0.3, 0.4) is 0 Å². The highest BCUT2D eigenvalue weighted by Gasteiger charge is 2.42. The van der Waals surface area contributed by atoms with Gasteiger partial charge in [-0.25, -0.2) is 0 Å². The van der Waals surface area contributed by atoms with Gasteiger partial charge in [-0.05, 0) is 43.7 Å². The topological polar surface area (TPSA) is 12.0 Å². The molecule has 1 heteroatoms. The Morgan fingerprint density at radius 1 is 1.41 bits per heavy atom. The number of rotatable bonds is 6. The molecule has 0 spiro atoms. The molecule has 0 aromatic heterocycles. The van der Waals surface area contributed by atoms with Crippen molar-refractivity contribution in [2.24, 2.45) is 5.92 Å². The molecule has 1 aromatic carbocycles. The van der Waals surface area contributed by atoms with Crippen LogP contribution in [-0.4, -0.2) is 13.1 Å².